The van der Waals surface area contributed by atoms with Crippen LogP contribution in [0.5, 0.6) is 0 Å². The van der Waals surface area contributed by atoms with Gasteiger partial charge in [-0.25, -0.2) is 0 Å². The van der Waals surface area contributed by atoms with Crippen LogP contribution in [-0.2, 0) is 15.9 Å². The summed E-state index contributed by atoms with van der Waals surface area (Å²) >= 11 is 0. The summed E-state index contributed by atoms with van der Waals surface area (Å²) in [6, 6.07) is 7.65. The fourth-order valence-electron chi connectivity index (χ4n) is 1.92. The Morgan fingerprint density at radius 3 is 2.70 bits per heavy atom. The second-order valence-corrected chi connectivity index (χ2v) is 4.53. The predicted octanol–water partition coefficient (Wildman–Crippen LogP) is 0.840. The molecular weight excluding hydrogens is 256 g/mol. The molecule has 0 heterocycles. The SMILES string of the molecule is CNCCc1ccccc1C(=O)NCC(COC)OC. The lowest BCUT2D eigenvalue weighted by Gasteiger charge is -2.16. The zero-order valence-corrected chi connectivity index (χ0v) is 12.4. The first-order valence-electron chi connectivity index (χ1n) is 6.75. The fourth-order valence-corrected chi connectivity index (χ4v) is 1.92. The lowest BCUT2D eigenvalue weighted by molar-refractivity contribution is 0.0285. The van der Waals surface area contributed by atoms with Gasteiger partial charge in [0.15, 0.2) is 0 Å². The first-order chi connectivity index (χ1) is 9.72. The number of nitrogens with one attached hydrogen (secondary N) is 2. The van der Waals surface area contributed by atoms with E-state index < -0.39 is 0 Å². The predicted molar refractivity (Wildman–Crippen MR) is 79.1 cm³/mol. The average molecular weight is 280 g/mol. The van der Waals surface area contributed by atoms with Crippen molar-refractivity contribution in [2.24, 2.45) is 0 Å². The molecule has 1 atom stereocenters. The van der Waals surface area contributed by atoms with Crippen molar-refractivity contribution < 1.29 is 14.3 Å². The smallest absolute Gasteiger partial charge is 0.251 e. The van der Waals surface area contributed by atoms with Crippen LogP contribution in [0.4, 0.5) is 0 Å². The lowest BCUT2D eigenvalue weighted by atomic mass is 10.0. The Labute approximate surface area is 120 Å². The third-order valence-electron chi connectivity index (χ3n) is 3.08. The zero-order valence-electron chi connectivity index (χ0n) is 12.4. The molecular formula is C15H24N2O3. The van der Waals surface area contributed by atoms with Crippen molar-refractivity contribution >= 4 is 5.91 Å². The Morgan fingerprint density at radius 2 is 2.05 bits per heavy atom. The number of benzene rings is 1. The van der Waals surface area contributed by atoms with Gasteiger partial charge in [0.1, 0.15) is 0 Å². The van der Waals surface area contributed by atoms with E-state index in [0.29, 0.717) is 13.2 Å². The summed E-state index contributed by atoms with van der Waals surface area (Å²) < 4.78 is 10.2. The van der Waals surface area contributed by atoms with Crippen LogP contribution in [-0.4, -0.2) is 53.0 Å². The van der Waals surface area contributed by atoms with Crippen molar-refractivity contribution in [3.8, 4) is 0 Å². The van der Waals surface area contributed by atoms with Crippen LogP contribution in [0.25, 0.3) is 0 Å². The number of ether oxygens (including phenoxy) is 2. The molecule has 0 saturated carbocycles. The highest BCUT2D eigenvalue weighted by Gasteiger charge is 2.13. The van der Waals surface area contributed by atoms with E-state index in [4.69, 9.17) is 9.47 Å². The molecule has 0 radical (unpaired) electrons. The molecule has 1 rings (SSSR count). The van der Waals surface area contributed by atoms with Crippen molar-refractivity contribution in [2.75, 3.05) is 41.0 Å². The summed E-state index contributed by atoms with van der Waals surface area (Å²) in [5.74, 6) is -0.0742. The Bertz CT molecular complexity index is 410. The zero-order chi connectivity index (χ0) is 14.8. The molecule has 0 aliphatic heterocycles. The van der Waals surface area contributed by atoms with E-state index in [0.717, 1.165) is 24.1 Å². The van der Waals surface area contributed by atoms with Gasteiger partial charge in [-0.1, -0.05) is 18.2 Å². The number of methoxy groups -OCH3 is 2. The fraction of sp³-hybridized carbons (Fsp3) is 0.533. The quantitative estimate of drug-likeness (QED) is 0.704. The van der Waals surface area contributed by atoms with E-state index in [9.17, 15) is 4.79 Å². The third-order valence-corrected chi connectivity index (χ3v) is 3.08. The molecule has 112 valence electrons. The summed E-state index contributed by atoms with van der Waals surface area (Å²) in [5.41, 5.74) is 1.76. The van der Waals surface area contributed by atoms with Gasteiger partial charge < -0.3 is 20.1 Å². The summed E-state index contributed by atoms with van der Waals surface area (Å²) in [5, 5.41) is 5.98. The minimum atomic E-state index is -0.131. The van der Waals surface area contributed by atoms with Crippen molar-refractivity contribution in [2.45, 2.75) is 12.5 Å². The summed E-state index contributed by atoms with van der Waals surface area (Å²) in [4.78, 5) is 12.2. The molecule has 2 N–H and O–H groups in total. The number of carbonyl (C=O) groups is 1. The number of carbonyl (C=O) groups excluding carboxylic acids is 1. The standard InChI is InChI=1S/C15H24N2O3/c1-16-9-8-12-6-4-5-7-14(12)15(18)17-10-13(20-3)11-19-2/h4-7,13,16H,8-11H2,1-3H3,(H,17,18). The molecule has 5 heteroatoms. The summed E-state index contributed by atoms with van der Waals surface area (Å²) in [6.07, 6.45) is 0.694. The monoisotopic (exact) mass is 280 g/mol. The molecule has 0 aliphatic rings. The number of hydrogen-bond donors (Lipinski definition) is 2. The van der Waals surface area contributed by atoms with Crippen LogP contribution in [0.3, 0.4) is 0 Å². The van der Waals surface area contributed by atoms with Crippen LogP contribution < -0.4 is 10.6 Å². The maximum atomic E-state index is 12.2. The molecule has 0 saturated heterocycles. The molecule has 20 heavy (non-hydrogen) atoms. The molecule has 1 unspecified atom stereocenters. The van der Waals surface area contributed by atoms with Gasteiger partial charge in [0.05, 0.1) is 12.7 Å². The van der Waals surface area contributed by atoms with Crippen LogP contribution >= 0.6 is 0 Å². The van der Waals surface area contributed by atoms with Crippen LogP contribution in [0, 0.1) is 0 Å². The Morgan fingerprint density at radius 1 is 1.30 bits per heavy atom. The van der Waals surface area contributed by atoms with Crippen LogP contribution in [0.1, 0.15) is 15.9 Å². The first kappa shape index (κ1) is 16.6. The van der Waals surface area contributed by atoms with Crippen LogP contribution in [0.15, 0.2) is 24.3 Å². The Kier molecular flexibility index (Phi) is 7.87. The minimum Gasteiger partial charge on any atom is -0.382 e. The van der Waals surface area contributed by atoms with Gasteiger partial charge in [-0.05, 0) is 31.6 Å². The van der Waals surface area contributed by atoms with Gasteiger partial charge in [-0.2, -0.15) is 0 Å². The van der Waals surface area contributed by atoms with E-state index >= 15 is 0 Å². The Balaban J connectivity index is 2.62. The first-order valence-corrected chi connectivity index (χ1v) is 6.75. The maximum Gasteiger partial charge on any atom is 0.251 e. The lowest BCUT2D eigenvalue weighted by Crippen LogP contribution is -2.36. The second-order valence-electron chi connectivity index (χ2n) is 4.53. The van der Waals surface area contributed by atoms with Gasteiger partial charge >= 0.3 is 0 Å². The van der Waals surface area contributed by atoms with E-state index in [1.807, 2.05) is 31.3 Å². The molecule has 1 amide bonds. The van der Waals surface area contributed by atoms with Gasteiger partial charge in [0.25, 0.3) is 5.91 Å². The molecule has 0 fully saturated rings. The topological polar surface area (TPSA) is 59.6 Å². The number of likely N-dealkylation sites (N-methyl/N-ethyl adjacent to an activating group) is 1. The van der Waals surface area contributed by atoms with Gasteiger partial charge in [-0.3, -0.25) is 4.79 Å². The molecule has 1 aromatic rings. The van der Waals surface area contributed by atoms with Crippen molar-refractivity contribution in [1.82, 2.24) is 10.6 Å². The van der Waals surface area contributed by atoms with Crippen molar-refractivity contribution in [3.63, 3.8) is 0 Å². The number of hydrogen-bond acceptors (Lipinski definition) is 4. The Hall–Kier alpha value is -1.43. The third kappa shape index (κ3) is 5.28. The van der Waals surface area contributed by atoms with Gasteiger partial charge in [0, 0.05) is 26.3 Å². The highest BCUT2D eigenvalue weighted by Crippen LogP contribution is 2.09. The summed E-state index contributed by atoms with van der Waals surface area (Å²) in [6.45, 7) is 1.73. The second kappa shape index (κ2) is 9.47. The largest absolute Gasteiger partial charge is 0.382 e. The van der Waals surface area contributed by atoms with E-state index in [1.165, 1.54) is 0 Å². The minimum absolute atomic E-state index is 0.0742. The molecule has 0 aliphatic carbocycles. The highest BCUT2D eigenvalue weighted by atomic mass is 16.5. The maximum absolute atomic E-state index is 12.2. The molecule has 5 nitrogen and oxygen atoms in total. The van der Waals surface area contributed by atoms with Crippen LogP contribution in [0.2, 0.25) is 0 Å². The van der Waals surface area contributed by atoms with Crippen molar-refractivity contribution in [3.05, 3.63) is 35.4 Å². The molecule has 0 bridgehead atoms. The normalized spacial score (nSPS) is 12.2. The highest BCUT2D eigenvalue weighted by molar-refractivity contribution is 5.95. The molecule has 0 aromatic heterocycles. The number of rotatable bonds is 9. The van der Waals surface area contributed by atoms with Crippen molar-refractivity contribution in [1.29, 1.82) is 0 Å². The average Bonchev–Trinajstić information content (AvgIpc) is 2.49. The van der Waals surface area contributed by atoms with E-state index in [-0.39, 0.29) is 12.0 Å². The molecule has 0 spiro atoms. The number of amides is 1. The van der Waals surface area contributed by atoms with Gasteiger partial charge in [-0.15, -0.1) is 0 Å². The summed E-state index contributed by atoms with van der Waals surface area (Å²) in [7, 11) is 5.12. The van der Waals surface area contributed by atoms with E-state index in [1.54, 1.807) is 14.2 Å². The van der Waals surface area contributed by atoms with E-state index in [2.05, 4.69) is 10.6 Å². The molecule has 1 aromatic carbocycles. The van der Waals surface area contributed by atoms with Gasteiger partial charge in [0.2, 0.25) is 0 Å².